The minimum atomic E-state index is -0.414. The molecule has 0 saturated heterocycles. The van der Waals surface area contributed by atoms with E-state index in [-0.39, 0.29) is 4.80 Å². The van der Waals surface area contributed by atoms with Crippen molar-refractivity contribution in [1.82, 2.24) is 4.68 Å². The summed E-state index contributed by atoms with van der Waals surface area (Å²) in [6, 6.07) is 0. The smallest absolute Gasteiger partial charge is 0.350 e. The molecule has 1 aromatic heterocycles. The van der Waals surface area contributed by atoms with Crippen LogP contribution >= 0.6 is 11.3 Å². The number of esters is 1. The third-order valence-electron chi connectivity index (χ3n) is 1.57. The van der Waals surface area contributed by atoms with Crippen molar-refractivity contribution in [2.24, 2.45) is 0 Å². The molecule has 3 N–H and O–H groups in total. The maximum atomic E-state index is 11.3. The van der Waals surface area contributed by atoms with Crippen LogP contribution in [-0.4, -0.2) is 17.3 Å². The first-order chi connectivity index (χ1) is 6.07. The van der Waals surface area contributed by atoms with E-state index < -0.39 is 5.97 Å². The highest BCUT2D eigenvalue weighted by atomic mass is 32.1. The predicted octanol–water partition coefficient (Wildman–Crippen LogP) is 0.228. The molecule has 0 aliphatic carbocycles. The largest absolute Gasteiger partial charge is 0.462 e. The Morgan fingerprint density at radius 1 is 1.77 bits per heavy atom. The third-order valence-corrected chi connectivity index (χ3v) is 2.62. The Hall–Kier alpha value is -1.30. The van der Waals surface area contributed by atoms with Crippen molar-refractivity contribution in [2.45, 2.75) is 13.8 Å². The topological polar surface area (TPSA) is 81.1 Å². The fraction of sp³-hybridized carbons (Fsp3) is 0.429. The summed E-state index contributed by atoms with van der Waals surface area (Å²) in [7, 11) is 0. The number of hydrogen-bond donors (Lipinski definition) is 2. The van der Waals surface area contributed by atoms with E-state index in [2.05, 4.69) is 0 Å². The highest BCUT2D eigenvalue weighted by molar-refractivity contribution is 7.11. The van der Waals surface area contributed by atoms with E-state index in [1.165, 1.54) is 0 Å². The van der Waals surface area contributed by atoms with Gasteiger partial charge in [-0.05, 0) is 13.8 Å². The number of nitrogens with two attached hydrogens (primary N) is 1. The Morgan fingerprint density at radius 2 is 2.38 bits per heavy atom. The molecule has 1 rings (SSSR count). The molecule has 72 valence electrons. The van der Waals surface area contributed by atoms with E-state index in [1.807, 2.05) is 0 Å². The third kappa shape index (κ3) is 1.72. The predicted molar refractivity (Wildman–Crippen MR) is 49.0 cm³/mol. The number of nitrogens with zero attached hydrogens (tertiary/aromatic N) is 1. The van der Waals surface area contributed by atoms with E-state index in [0.717, 1.165) is 16.0 Å². The molecule has 0 fully saturated rings. The fourth-order valence-electron chi connectivity index (χ4n) is 0.867. The van der Waals surface area contributed by atoms with Gasteiger partial charge in [0, 0.05) is 0 Å². The maximum absolute atomic E-state index is 11.3. The maximum Gasteiger partial charge on any atom is 0.350 e. The van der Waals surface area contributed by atoms with Crippen molar-refractivity contribution >= 4 is 17.3 Å². The number of nitrogen functional groups attached to an aromatic ring is 1. The summed E-state index contributed by atoms with van der Waals surface area (Å²) in [4.78, 5) is 11.8. The van der Waals surface area contributed by atoms with Gasteiger partial charge in [-0.25, -0.2) is 9.47 Å². The lowest BCUT2D eigenvalue weighted by Gasteiger charge is -1.99. The first kappa shape index (κ1) is 9.79. The molecule has 0 unspecified atom stereocenters. The van der Waals surface area contributed by atoms with Crippen molar-refractivity contribution in [2.75, 3.05) is 12.4 Å². The highest BCUT2D eigenvalue weighted by Crippen LogP contribution is 2.10. The van der Waals surface area contributed by atoms with Crippen LogP contribution in [0, 0.1) is 12.3 Å². The summed E-state index contributed by atoms with van der Waals surface area (Å²) in [6.45, 7) is 3.74. The molecule has 0 saturated carbocycles. The van der Waals surface area contributed by atoms with Crippen molar-refractivity contribution < 1.29 is 9.53 Å². The number of thiazole rings is 1. The standard InChI is InChI=1S/C7H11N3O2S/c1-3-12-6(11)5-4(2)10(9)7(8)13-5/h8H,3,9H2,1-2H3. The van der Waals surface area contributed by atoms with Gasteiger partial charge in [0.25, 0.3) is 0 Å². The number of hydrogen-bond acceptors (Lipinski definition) is 5. The summed E-state index contributed by atoms with van der Waals surface area (Å²) in [6.07, 6.45) is 0. The zero-order valence-corrected chi connectivity index (χ0v) is 8.27. The molecule has 0 aliphatic rings. The lowest BCUT2D eigenvalue weighted by Crippen LogP contribution is -2.23. The van der Waals surface area contributed by atoms with Gasteiger partial charge < -0.3 is 10.6 Å². The lowest BCUT2D eigenvalue weighted by molar-refractivity contribution is 0.0530. The molecule has 1 aromatic rings. The molecular weight excluding hydrogens is 190 g/mol. The Morgan fingerprint density at radius 3 is 2.77 bits per heavy atom. The average molecular weight is 201 g/mol. The van der Waals surface area contributed by atoms with E-state index in [0.29, 0.717) is 17.2 Å². The number of aromatic nitrogens is 1. The Bertz CT molecular complexity index is 380. The van der Waals surface area contributed by atoms with Crippen LogP contribution in [0.1, 0.15) is 22.3 Å². The highest BCUT2D eigenvalue weighted by Gasteiger charge is 2.15. The minimum absolute atomic E-state index is 0.139. The van der Waals surface area contributed by atoms with Crippen LogP contribution in [0.2, 0.25) is 0 Å². The summed E-state index contributed by atoms with van der Waals surface area (Å²) in [5, 5.41) is 7.36. The normalized spacial score (nSPS) is 10.0. The molecule has 0 aromatic carbocycles. The molecule has 1 heterocycles. The second-order valence-electron chi connectivity index (χ2n) is 2.41. The second kappa shape index (κ2) is 3.61. The van der Waals surface area contributed by atoms with E-state index in [1.54, 1.807) is 13.8 Å². The summed E-state index contributed by atoms with van der Waals surface area (Å²) in [5.74, 6) is 5.05. The van der Waals surface area contributed by atoms with Gasteiger partial charge in [-0.3, -0.25) is 5.41 Å². The van der Waals surface area contributed by atoms with Crippen LogP contribution in [0.3, 0.4) is 0 Å². The van der Waals surface area contributed by atoms with Crippen LogP contribution in [0.15, 0.2) is 0 Å². The van der Waals surface area contributed by atoms with Gasteiger partial charge in [0.05, 0.1) is 12.3 Å². The fourth-order valence-corrected chi connectivity index (χ4v) is 1.68. The second-order valence-corrected chi connectivity index (χ2v) is 3.41. The molecule has 6 heteroatoms. The molecule has 0 bridgehead atoms. The number of ether oxygens (including phenoxy) is 1. The van der Waals surface area contributed by atoms with Gasteiger partial charge in [-0.1, -0.05) is 11.3 Å². The van der Waals surface area contributed by atoms with Gasteiger partial charge in [0.2, 0.25) is 4.80 Å². The van der Waals surface area contributed by atoms with Crippen molar-refractivity contribution in [1.29, 1.82) is 5.41 Å². The van der Waals surface area contributed by atoms with E-state index in [9.17, 15) is 4.79 Å². The SMILES string of the molecule is CCOC(=O)c1sc(=N)n(N)c1C. The monoisotopic (exact) mass is 201 g/mol. The molecule has 0 radical (unpaired) electrons. The molecule has 0 amide bonds. The van der Waals surface area contributed by atoms with Gasteiger partial charge in [-0.2, -0.15) is 0 Å². The number of carbonyl (C=O) groups is 1. The zero-order chi connectivity index (χ0) is 10.0. The van der Waals surface area contributed by atoms with E-state index >= 15 is 0 Å². The molecular formula is C7H11N3O2S. The van der Waals surface area contributed by atoms with Crippen LogP contribution in [0.25, 0.3) is 0 Å². The average Bonchev–Trinajstić information content (AvgIpc) is 2.33. The van der Waals surface area contributed by atoms with Crippen LogP contribution < -0.4 is 10.6 Å². The Kier molecular flexibility index (Phi) is 2.72. The zero-order valence-electron chi connectivity index (χ0n) is 7.46. The number of rotatable bonds is 2. The quantitative estimate of drug-likeness (QED) is 0.531. The molecule has 13 heavy (non-hydrogen) atoms. The first-order valence-corrected chi connectivity index (χ1v) is 4.58. The number of carbonyl (C=O) groups excluding carboxylic acids is 1. The first-order valence-electron chi connectivity index (χ1n) is 3.77. The Balaban J connectivity index is 3.09. The van der Waals surface area contributed by atoms with E-state index in [4.69, 9.17) is 16.0 Å². The molecule has 0 spiro atoms. The van der Waals surface area contributed by atoms with Gasteiger partial charge in [-0.15, -0.1) is 0 Å². The minimum Gasteiger partial charge on any atom is -0.462 e. The van der Waals surface area contributed by atoms with Crippen molar-refractivity contribution in [3.05, 3.63) is 15.4 Å². The number of nitrogens with one attached hydrogen (secondary N) is 1. The lowest BCUT2D eigenvalue weighted by atomic mass is 10.4. The molecule has 0 aliphatic heterocycles. The van der Waals surface area contributed by atoms with Gasteiger partial charge in [0.15, 0.2) is 0 Å². The van der Waals surface area contributed by atoms with Gasteiger partial charge in [0.1, 0.15) is 4.88 Å². The molecule has 0 atom stereocenters. The van der Waals surface area contributed by atoms with Crippen molar-refractivity contribution in [3.63, 3.8) is 0 Å². The van der Waals surface area contributed by atoms with Crippen LogP contribution in [0.5, 0.6) is 0 Å². The summed E-state index contributed by atoms with van der Waals surface area (Å²) >= 11 is 1.02. The Labute approximate surface area is 79.2 Å². The molecule has 5 nitrogen and oxygen atoms in total. The van der Waals surface area contributed by atoms with Crippen LogP contribution in [-0.2, 0) is 4.74 Å². The summed E-state index contributed by atoms with van der Waals surface area (Å²) in [5.41, 5.74) is 0.563. The van der Waals surface area contributed by atoms with Gasteiger partial charge >= 0.3 is 5.97 Å². The van der Waals surface area contributed by atoms with Crippen LogP contribution in [0.4, 0.5) is 0 Å². The van der Waals surface area contributed by atoms with Crippen molar-refractivity contribution in [3.8, 4) is 0 Å². The summed E-state index contributed by atoms with van der Waals surface area (Å²) < 4.78 is 5.96.